The highest BCUT2D eigenvalue weighted by molar-refractivity contribution is 4.72. The minimum atomic E-state index is 0.631. The van der Waals surface area contributed by atoms with Crippen LogP contribution in [0.4, 0.5) is 0 Å². The first kappa shape index (κ1) is 10.0. The Hall–Kier alpha value is -0.0800. The van der Waals surface area contributed by atoms with Crippen LogP contribution < -0.4 is 11.1 Å². The van der Waals surface area contributed by atoms with Gasteiger partial charge in [0.05, 0.1) is 0 Å². The minimum Gasteiger partial charge on any atom is -0.330 e. The average molecular weight is 170 g/mol. The van der Waals surface area contributed by atoms with E-state index in [1.807, 2.05) is 0 Å². The first-order valence-electron chi connectivity index (χ1n) is 5.26. The Balaban J connectivity index is 2.05. The van der Waals surface area contributed by atoms with Gasteiger partial charge in [-0.25, -0.2) is 0 Å². The van der Waals surface area contributed by atoms with Crippen molar-refractivity contribution in [2.45, 2.75) is 45.1 Å². The predicted molar refractivity (Wildman–Crippen MR) is 53.1 cm³/mol. The summed E-state index contributed by atoms with van der Waals surface area (Å²) in [4.78, 5) is 0. The van der Waals surface area contributed by atoms with Crippen LogP contribution in [0.15, 0.2) is 0 Å². The van der Waals surface area contributed by atoms with Gasteiger partial charge >= 0.3 is 0 Å². The van der Waals surface area contributed by atoms with Gasteiger partial charge in [-0.2, -0.15) is 0 Å². The lowest BCUT2D eigenvalue weighted by Crippen LogP contribution is -2.35. The molecular formula is C10H22N2. The van der Waals surface area contributed by atoms with Gasteiger partial charge in [-0.3, -0.25) is 0 Å². The lowest BCUT2D eigenvalue weighted by molar-refractivity contribution is 0.354. The normalized spacial score (nSPS) is 22.5. The minimum absolute atomic E-state index is 0.631. The second kappa shape index (κ2) is 5.55. The predicted octanol–water partition coefficient (Wildman–Crippen LogP) is 1.50. The van der Waals surface area contributed by atoms with Crippen molar-refractivity contribution in [3.05, 3.63) is 0 Å². The van der Waals surface area contributed by atoms with Gasteiger partial charge in [0.2, 0.25) is 0 Å². The molecule has 0 bridgehead atoms. The third-order valence-corrected chi connectivity index (χ3v) is 2.76. The molecule has 1 fully saturated rings. The smallest absolute Gasteiger partial charge is 0.00671 e. The Morgan fingerprint density at radius 2 is 2.00 bits per heavy atom. The highest BCUT2D eigenvalue weighted by Crippen LogP contribution is 2.17. The maximum Gasteiger partial charge on any atom is 0.00671 e. The van der Waals surface area contributed by atoms with Crippen LogP contribution in [0, 0.1) is 5.92 Å². The molecular weight excluding hydrogens is 148 g/mol. The molecule has 0 saturated heterocycles. The fourth-order valence-electron chi connectivity index (χ4n) is 1.76. The SMILES string of the molecule is CC(CN)CNC1CCCCC1. The molecule has 1 rings (SSSR count). The Morgan fingerprint density at radius 3 is 2.58 bits per heavy atom. The lowest BCUT2D eigenvalue weighted by Gasteiger charge is -2.24. The van der Waals surface area contributed by atoms with E-state index in [1.165, 1.54) is 32.1 Å². The summed E-state index contributed by atoms with van der Waals surface area (Å²) in [7, 11) is 0. The fraction of sp³-hybridized carbons (Fsp3) is 1.00. The third-order valence-electron chi connectivity index (χ3n) is 2.76. The van der Waals surface area contributed by atoms with Crippen LogP contribution in [0.5, 0.6) is 0 Å². The van der Waals surface area contributed by atoms with Crippen molar-refractivity contribution >= 4 is 0 Å². The van der Waals surface area contributed by atoms with E-state index in [9.17, 15) is 0 Å². The van der Waals surface area contributed by atoms with Crippen molar-refractivity contribution in [1.29, 1.82) is 0 Å². The molecule has 12 heavy (non-hydrogen) atoms. The molecule has 0 heterocycles. The van der Waals surface area contributed by atoms with Gasteiger partial charge in [0.25, 0.3) is 0 Å². The zero-order chi connectivity index (χ0) is 8.81. The van der Waals surface area contributed by atoms with Crippen molar-refractivity contribution in [3.8, 4) is 0 Å². The van der Waals surface area contributed by atoms with E-state index in [4.69, 9.17) is 5.73 Å². The molecule has 1 aliphatic rings. The summed E-state index contributed by atoms with van der Waals surface area (Å²) in [6, 6.07) is 0.785. The Morgan fingerprint density at radius 1 is 1.33 bits per heavy atom. The van der Waals surface area contributed by atoms with Gasteiger partial charge in [0, 0.05) is 6.04 Å². The molecule has 0 spiro atoms. The largest absolute Gasteiger partial charge is 0.330 e. The summed E-state index contributed by atoms with van der Waals surface area (Å²) in [6.07, 6.45) is 7.00. The lowest BCUT2D eigenvalue weighted by atomic mass is 9.95. The highest BCUT2D eigenvalue weighted by atomic mass is 14.9. The zero-order valence-corrected chi connectivity index (χ0v) is 8.18. The molecule has 0 aromatic rings. The molecule has 0 aromatic carbocycles. The second-order valence-corrected chi connectivity index (χ2v) is 4.08. The van der Waals surface area contributed by atoms with Crippen molar-refractivity contribution in [1.82, 2.24) is 5.32 Å². The van der Waals surface area contributed by atoms with E-state index in [-0.39, 0.29) is 0 Å². The highest BCUT2D eigenvalue weighted by Gasteiger charge is 2.12. The molecule has 1 saturated carbocycles. The van der Waals surface area contributed by atoms with Crippen molar-refractivity contribution < 1.29 is 0 Å². The van der Waals surface area contributed by atoms with Gasteiger partial charge in [0.1, 0.15) is 0 Å². The van der Waals surface area contributed by atoms with Gasteiger partial charge < -0.3 is 11.1 Å². The molecule has 0 aliphatic heterocycles. The summed E-state index contributed by atoms with van der Waals surface area (Å²) in [5.41, 5.74) is 5.55. The van der Waals surface area contributed by atoms with Crippen LogP contribution in [0.1, 0.15) is 39.0 Å². The molecule has 0 radical (unpaired) electrons. The van der Waals surface area contributed by atoms with Gasteiger partial charge in [-0.05, 0) is 31.8 Å². The first-order chi connectivity index (χ1) is 5.83. The Labute approximate surface area is 75.9 Å². The Kier molecular flexibility index (Phi) is 4.62. The molecule has 1 unspecified atom stereocenters. The number of rotatable bonds is 4. The van der Waals surface area contributed by atoms with Gasteiger partial charge in [-0.15, -0.1) is 0 Å². The standard InChI is InChI=1S/C10H22N2/c1-9(7-11)8-12-10-5-3-2-4-6-10/h9-10,12H,2-8,11H2,1H3. The van der Waals surface area contributed by atoms with E-state index in [2.05, 4.69) is 12.2 Å². The summed E-state index contributed by atoms with van der Waals surface area (Å²) < 4.78 is 0. The topological polar surface area (TPSA) is 38.0 Å². The molecule has 3 N–H and O–H groups in total. The van der Waals surface area contributed by atoms with Crippen molar-refractivity contribution in [2.75, 3.05) is 13.1 Å². The van der Waals surface area contributed by atoms with E-state index in [0.717, 1.165) is 19.1 Å². The van der Waals surface area contributed by atoms with Crippen molar-refractivity contribution in [3.63, 3.8) is 0 Å². The van der Waals surface area contributed by atoms with E-state index in [1.54, 1.807) is 0 Å². The third kappa shape index (κ3) is 3.55. The van der Waals surface area contributed by atoms with Crippen LogP contribution in [-0.4, -0.2) is 19.1 Å². The quantitative estimate of drug-likeness (QED) is 0.671. The summed E-state index contributed by atoms with van der Waals surface area (Å²) >= 11 is 0. The van der Waals surface area contributed by atoms with E-state index >= 15 is 0 Å². The molecule has 72 valence electrons. The fourth-order valence-corrected chi connectivity index (χ4v) is 1.76. The molecule has 2 heteroatoms. The zero-order valence-electron chi connectivity index (χ0n) is 8.18. The van der Waals surface area contributed by atoms with E-state index in [0.29, 0.717) is 5.92 Å². The first-order valence-corrected chi connectivity index (χ1v) is 5.26. The number of hydrogen-bond acceptors (Lipinski definition) is 2. The molecule has 1 atom stereocenters. The van der Waals surface area contributed by atoms with Crippen molar-refractivity contribution in [2.24, 2.45) is 11.7 Å². The second-order valence-electron chi connectivity index (χ2n) is 4.08. The summed E-state index contributed by atoms with van der Waals surface area (Å²) in [5, 5.41) is 3.59. The van der Waals surface area contributed by atoms with Gasteiger partial charge in [-0.1, -0.05) is 26.2 Å². The molecule has 0 amide bonds. The number of nitrogens with one attached hydrogen (secondary N) is 1. The van der Waals surface area contributed by atoms with Crippen LogP contribution in [0.3, 0.4) is 0 Å². The molecule has 0 aromatic heterocycles. The number of nitrogens with two attached hydrogens (primary N) is 1. The van der Waals surface area contributed by atoms with Crippen LogP contribution >= 0.6 is 0 Å². The molecule has 2 nitrogen and oxygen atoms in total. The van der Waals surface area contributed by atoms with Crippen LogP contribution in [-0.2, 0) is 0 Å². The average Bonchev–Trinajstić information content (AvgIpc) is 2.16. The number of hydrogen-bond donors (Lipinski definition) is 2. The maximum absolute atomic E-state index is 5.55. The maximum atomic E-state index is 5.55. The summed E-state index contributed by atoms with van der Waals surface area (Å²) in [5.74, 6) is 0.631. The van der Waals surface area contributed by atoms with E-state index < -0.39 is 0 Å². The molecule has 1 aliphatic carbocycles. The van der Waals surface area contributed by atoms with Crippen LogP contribution in [0.2, 0.25) is 0 Å². The van der Waals surface area contributed by atoms with Crippen LogP contribution in [0.25, 0.3) is 0 Å². The monoisotopic (exact) mass is 170 g/mol. The summed E-state index contributed by atoms with van der Waals surface area (Å²) in [6.45, 7) is 4.11. The van der Waals surface area contributed by atoms with Gasteiger partial charge in [0.15, 0.2) is 0 Å². The Bertz CT molecular complexity index is 108.